The van der Waals surface area contributed by atoms with E-state index in [-0.39, 0.29) is 17.4 Å². The number of carbonyl (C=O) groups excluding carboxylic acids is 2. The van der Waals surface area contributed by atoms with Crippen LogP contribution in [-0.2, 0) is 4.79 Å². The van der Waals surface area contributed by atoms with Crippen molar-refractivity contribution in [2.45, 2.75) is 13.8 Å². The fraction of sp³-hybridized carbons (Fsp3) is 0.167. The maximum absolute atomic E-state index is 12.3. The number of rotatable bonds is 3. The molecule has 2 aromatic carbocycles. The lowest BCUT2D eigenvalue weighted by Gasteiger charge is -2.19. The van der Waals surface area contributed by atoms with Gasteiger partial charge in [-0.05, 0) is 55.3 Å². The minimum atomic E-state index is -0.409. The molecule has 0 aromatic heterocycles. The van der Waals surface area contributed by atoms with Crippen LogP contribution in [0.1, 0.15) is 21.5 Å². The van der Waals surface area contributed by atoms with Gasteiger partial charge < -0.3 is 5.11 Å². The molecule has 6 nitrogen and oxygen atoms in total. The lowest BCUT2D eigenvalue weighted by molar-refractivity contribution is -0.115. The van der Waals surface area contributed by atoms with E-state index in [9.17, 15) is 14.7 Å². The smallest absolute Gasteiger partial charge is 0.271 e. The number of phenolic OH excluding ortho intramolecular Hbond substituents is 1. The topological polar surface area (TPSA) is 82.0 Å². The molecule has 1 fully saturated rings. The van der Waals surface area contributed by atoms with Crippen molar-refractivity contribution in [3.05, 3.63) is 59.2 Å². The molecule has 3 rings (SSSR count). The molecule has 7 heteroatoms. The number of nitrogens with one attached hydrogen (secondary N) is 1. The zero-order valence-corrected chi connectivity index (χ0v) is 14.6. The zero-order chi connectivity index (χ0) is 18.0. The Morgan fingerprint density at radius 3 is 2.64 bits per heavy atom. The fourth-order valence-corrected chi connectivity index (χ4v) is 3.26. The van der Waals surface area contributed by atoms with Crippen molar-refractivity contribution in [1.82, 2.24) is 5.43 Å². The predicted octanol–water partition coefficient (Wildman–Crippen LogP) is 2.79. The normalized spacial score (nSPS) is 15.7. The summed E-state index contributed by atoms with van der Waals surface area (Å²) in [5.41, 5.74) is 5.68. The van der Waals surface area contributed by atoms with Crippen molar-refractivity contribution in [2.24, 2.45) is 5.10 Å². The van der Waals surface area contributed by atoms with E-state index < -0.39 is 5.91 Å². The third-order valence-electron chi connectivity index (χ3n) is 3.96. The first kappa shape index (κ1) is 17.0. The van der Waals surface area contributed by atoms with E-state index in [0.717, 1.165) is 16.8 Å². The van der Waals surface area contributed by atoms with Gasteiger partial charge in [0.2, 0.25) is 5.91 Å². The number of amidine groups is 1. The van der Waals surface area contributed by atoms with Crippen LogP contribution >= 0.6 is 11.8 Å². The van der Waals surface area contributed by atoms with Crippen LogP contribution in [0.25, 0.3) is 0 Å². The molecule has 0 saturated carbocycles. The average Bonchev–Trinajstić information content (AvgIpc) is 2.96. The second-order valence-electron chi connectivity index (χ2n) is 5.62. The summed E-state index contributed by atoms with van der Waals surface area (Å²) in [5, 5.41) is 13.8. The summed E-state index contributed by atoms with van der Waals surface area (Å²) in [4.78, 5) is 26.0. The molecular formula is C18H17N3O3S. The van der Waals surface area contributed by atoms with Gasteiger partial charge in [0.25, 0.3) is 5.91 Å². The van der Waals surface area contributed by atoms with Crippen molar-refractivity contribution in [3.63, 3.8) is 0 Å². The molecular weight excluding hydrogens is 338 g/mol. The number of hydrogen-bond donors (Lipinski definition) is 2. The monoisotopic (exact) mass is 355 g/mol. The van der Waals surface area contributed by atoms with E-state index in [0.29, 0.717) is 10.7 Å². The molecule has 2 N–H and O–H groups in total. The number of nitrogens with zero attached hydrogens (tertiary/aromatic N) is 2. The highest BCUT2D eigenvalue weighted by Crippen LogP contribution is 2.30. The van der Waals surface area contributed by atoms with Crippen molar-refractivity contribution >= 4 is 34.4 Å². The summed E-state index contributed by atoms with van der Waals surface area (Å²) in [7, 11) is 0. The van der Waals surface area contributed by atoms with Crippen LogP contribution in [0.4, 0.5) is 5.69 Å². The lowest BCUT2D eigenvalue weighted by atomic mass is 10.1. The van der Waals surface area contributed by atoms with E-state index in [1.54, 1.807) is 0 Å². The van der Waals surface area contributed by atoms with Crippen molar-refractivity contribution < 1.29 is 14.7 Å². The minimum Gasteiger partial charge on any atom is -0.508 e. The van der Waals surface area contributed by atoms with Crippen LogP contribution in [0.3, 0.4) is 0 Å². The van der Waals surface area contributed by atoms with Crippen molar-refractivity contribution in [1.29, 1.82) is 0 Å². The first-order valence-corrected chi connectivity index (χ1v) is 8.65. The second-order valence-corrected chi connectivity index (χ2v) is 6.56. The number of thioether (sulfide) groups is 1. The average molecular weight is 355 g/mol. The van der Waals surface area contributed by atoms with E-state index in [4.69, 9.17) is 0 Å². The summed E-state index contributed by atoms with van der Waals surface area (Å²) < 4.78 is 0. The van der Waals surface area contributed by atoms with Gasteiger partial charge in [-0.1, -0.05) is 23.9 Å². The van der Waals surface area contributed by atoms with Crippen LogP contribution in [0.15, 0.2) is 47.6 Å². The molecule has 0 aliphatic carbocycles. The van der Waals surface area contributed by atoms with Gasteiger partial charge in [-0.15, -0.1) is 5.10 Å². The molecule has 1 saturated heterocycles. The molecule has 0 spiro atoms. The first-order chi connectivity index (χ1) is 12.0. The van der Waals surface area contributed by atoms with Crippen molar-refractivity contribution in [2.75, 3.05) is 10.7 Å². The van der Waals surface area contributed by atoms with Crippen LogP contribution in [0.5, 0.6) is 5.75 Å². The molecule has 0 radical (unpaired) electrons. The Labute approximate surface area is 149 Å². The number of hydrazone groups is 1. The molecule has 0 atom stereocenters. The summed E-state index contributed by atoms with van der Waals surface area (Å²) >= 11 is 1.28. The molecule has 0 unspecified atom stereocenters. The molecule has 2 amide bonds. The third-order valence-corrected chi connectivity index (χ3v) is 4.89. The highest BCUT2D eigenvalue weighted by atomic mass is 32.2. The first-order valence-electron chi connectivity index (χ1n) is 7.66. The Balaban J connectivity index is 1.84. The highest BCUT2D eigenvalue weighted by Gasteiger charge is 2.31. The summed E-state index contributed by atoms with van der Waals surface area (Å²) in [5.74, 6) is -0.119. The van der Waals surface area contributed by atoms with Gasteiger partial charge in [-0.3, -0.25) is 14.5 Å². The maximum Gasteiger partial charge on any atom is 0.271 e. The van der Waals surface area contributed by atoms with Gasteiger partial charge in [0.15, 0.2) is 5.17 Å². The molecule has 2 aromatic rings. The van der Waals surface area contributed by atoms with Crippen molar-refractivity contribution in [3.8, 4) is 5.75 Å². The third kappa shape index (κ3) is 3.51. The number of benzene rings is 2. The summed E-state index contributed by atoms with van der Waals surface area (Å²) in [6.45, 7) is 3.93. The zero-order valence-electron chi connectivity index (χ0n) is 13.8. The molecule has 1 aliphatic heterocycles. The largest absolute Gasteiger partial charge is 0.508 e. The highest BCUT2D eigenvalue weighted by molar-refractivity contribution is 8.15. The molecule has 1 heterocycles. The van der Waals surface area contributed by atoms with E-state index in [2.05, 4.69) is 10.5 Å². The van der Waals surface area contributed by atoms with Crippen LogP contribution in [0.2, 0.25) is 0 Å². The Hall–Kier alpha value is -2.80. The number of phenols is 1. The van der Waals surface area contributed by atoms with Gasteiger partial charge in [0, 0.05) is 5.56 Å². The fourth-order valence-electron chi connectivity index (χ4n) is 2.44. The van der Waals surface area contributed by atoms with E-state index >= 15 is 0 Å². The molecule has 128 valence electrons. The number of amides is 2. The number of aromatic hydroxyl groups is 1. The van der Waals surface area contributed by atoms with Crippen LogP contribution in [0, 0.1) is 13.8 Å². The van der Waals surface area contributed by atoms with Gasteiger partial charge >= 0.3 is 0 Å². The molecule has 0 bridgehead atoms. The molecule has 25 heavy (non-hydrogen) atoms. The quantitative estimate of drug-likeness (QED) is 0.830. The summed E-state index contributed by atoms with van der Waals surface area (Å²) in [6, 6.07) is 11.6. The summed E-state index contributed by atoms with van der Waals surface area (Å²) in [6.07, 6.45) is 0. The van der Waals surface area contributed by atoms with Gasteiger partial charge in [0.1, 0.15) is 5.75 Å². The van der Waals surface area contributed by atoms with E-state index in [1.807, 2.05) is 32.0 Å². The van der Waals surface area contributed by atoms with Gasteiger partial charge in [0.05, 0.1) is 11.4 Å². The number of anilines is 1. The Kier molecular flexibility index (Phi) is 4.76. The number of carbonyl (C=O) groups is 2. The lowest BCUT2D eigenvalue weighted by Crippen LogP contribution is -2.32. The number of hydrogen-bond acceptors (Lipinski definition) is 5. The predicted molar refractivity (Wildman–Crippen MR) is 98.9 cm³/mol. The Morgan fingerprint density at radius 2 is 1.92 bits per heavy atom. The second kappa shape index (κ2) is 6.98. The standard InChI is InChI=1S/C18H17N3O3S/c1-11-4-3-5-15(12(11)2)21-16(23)10-25-18(21)20-19-17(24)13-6-8-14(22)9-7-13/h3-9,22H,10H2,1-2H3,(H,19,24)/b20-18-. The number of aryl methyl sites for hydroxylation is 1. The molecule has 1 aliphatic rings. The van der Waals surface area contributed by atoms with Crippen LogP contribution in [-0.4, -0.2) is 27.8 Å². The van der Waals surface area contributed by atoms with Crippen LogP contribution < -0.4 is 10.3 Å². The minimum absolute atomic E-state index is 0.0728. The maximum atomic E-state index is 12.3. The SMILES string of the molecule is Cc1cccc(N2C(=O)CS/C2=N\NC(=O)c2ccc(O)cc2)c1C. The van der Waals surface area contributed by atoms with Gasteiger partial charge in [-0.2, -0.15) is 0 Å². The Bertz CT molecular complexity index is 862. The van der Waals surface area contributed by atoms with E-state index in [1.165, 1.54) is 40.9 Å². The van der Waals surface area contributed by atoms with Gasteiger partial charge in [-0.25, -0.2) is 5.43 Å². The Morgan fingerprint density at radius 1 is 1.20 bits per heavy atom.